The van der Waals surface area contributed by atoms with Crippen LogP contribution in [0.3, 0.4) is 0 Å². The molecule has 0 aliphatic carbocycles. The number of nitrogens with zero attached hydrogens (tertiary/aromatic N) is 4. The predicted molar refractivity (Wildman–Crippen MR) is 245 cm³/mol. The lowest BCUT2D eigenvalue weighted by atomic mass is 10.0. The molecule has 1 aliphatic rings. The highest BCUT2D eigenvalue weighted by atomic mass is 15.3. The second-order valence-electron chi connectivity index (χ2n) is 15.3. The highest BCUT2D eigenvalue weighted by molar-refractivity contribution is 6.10. The standard InChI is InChI=1S/C54H37N5/c1-3-15-37(16-4-1)52-53-51(31-32-55-52)59(40-17-5-2-6-18-40)54(56-53)38-29-27-36(28-30-38)39-33-41(57-47-23-11-7-19-43(47)44-20-8-12-24-48(44)57)35-42(34-39)58-49-25-13-9-21-45(49)46-22-10-14-26-50(46)58/h1-35,54,56H. The molecule has 0 saturated carbocycles. The Hall–Kier alpha value is -7.89. The van der Waals surface area contributed by atoms with Gasteiger partial charge in [0.05, 0.1) is 39.1 Å². The molecule has 0 bridgehead atoms. The van der Waals surface area contributed by atoms with Crippen LogP contribution in [0, 0.1) is 0 Å². The Morgan fingerprint density at radius 2 is 0.864 bits per heavy atom. The molecule has 3 aromatic heterocycles. The molecule has 1 N–H and O–H groups in total. The molecule has 8 aromatic carbocycles. The molecule has 12 rings (SSSR count). The summed E-state index contributed by atoms with van der Waals surface area (Å²) in [7, 11) is 0. The summed E-state index contributed by atoms with van der Waals surface area (Å²) in [5, 5.41) is 8.89. The normalized spacial score (nSPS) is 13.7. The first kappa shape index (κ1) is 33.3. The van der Waals surface area contributed by atoms with Crippen molar-refractivity contribution in [3.05, 3.63) is 218 Å². The third kappa shape index (κ3) is 5.29. The molecule has 5 nitrogen and oxygen atoms in total. The van der Waals surface area contributed by atoms with E-state index in [0.29, 0.717) is 0 Å². The van der Waals surface area contributed by atoms with Gasteiger partial charge in [-0.05, 0) is 77.4 Å². The number of para-hydroxylation sites is 5. The number of hydrogen-bond acceptors (Lipinski definition) is 3. The van der Waals surface area contributed by atoms with E-state index >= 15 is 0 Å². The van der Waals surface area contributed by atoms with Gasteiger partial charge in [-0.3, -0.25) is 4.98 Å². The second-order valence-corrected chi connectivity index (χ2v) is 15.3. The maximum Gasteiger partial charge on any atom is 0.130 e. The molecule has 1 aliphatic heterocycles. The molecule has 278 valence electrons. The number of hydrogen-bond donors (Lipinski definition) is 1. The van der Waals surface area contributed by atoms with Gasteiger partial charge in [-0.15, -0.1) is 0 Å². The second kappa shape index (κ2) is 13.4. The van der Waals surface area contributed by atoms with Crippen LogP contribution in [-0.2, 0) is 0 Å². The minimum Gasteiger partial charge on any atom is -0.358 e. The molecule has 59 heavy (non-hydrogen) atoms. The molecule has 5 heteroatoms. The first-order valence-corrected chi connectivity index (χ1v) is 20.2. The minimum atomic E-state index is -0.134. The molecule has 11 aromatic rings. The van der Waals surface area contributed by atoms with Crippen molar-refractivity contribution in [2.75, 3.05) is 10.2 Å². The Balaban J connectivity index is 1.03. The number of anilines is 3. The van der Waals surface area contributed by atoms with Gasteiger partial charge in [0.1, 0.15) is 6.17 Å². The summed E-state index contributed by atoms with van der Waals surface area (Å²) in [6.07, 6.45) is 1.79. The summed E-state index contributed by atoms with van der Waals surface area (Å²) in [6.45, 7) is 0. The van der Waals surface area contributed by atoms with Gasteiger partial charge in [0.15, 0.2) is 0 Å². The highest BCUT2D eigenvalue weighted by Gasteiger charge is 2.33. The van der Waals surface area contributed by atoms with Gasteiger partial charge in [0, 0.05) is 50.4 Å². The summed E-state index contributed by atoms with van der Waals surface area (Å²) in [4.78, 5) is 7.26. The fourth-order valence-corrected chi connectivity index (χ4v) is 9.34. The summed E-state index contributed by atoms with van der Waals surface area (Å²) in [5.74, 6) is 0. The van der Waals surface area contributed by atoms with Crippen molar-refractivity contribution < 1.29 is 0 Å². The number of nitrogens with one attached hydrogen (secondary N) is 1. The van der Waals surface area contributed by atoms with Crippen molar-refractivity contribution in [1.82, 2.24) is 14.1 Å². The zero-order chi connectivity index (χ0) is 38.9. The van der Waals surface area contributed by atoms with Crippen molar-refractivity contribution in [2.45, 2.75) is 6.17 Å². The van der Waals surface area contributed by atoms with E-state index in [4.69, 9.17) is 4.98 Å². The first-order chi connectivity index (χ1) is 29.3. The average Bonchev–Trinajstić information content (AvgIpc) is 3.98. The number of rotatable bonds is 6. The fourth-order valence-electron chi connectivity index (χ4n) is 9.34. The topological polar surface area (TPSA) is 38.0 Å². The van der Waals surface area contributed by atoms with E-state index in [0.717, 1.165) is 56.4 Å². The van der Waals surface area contributed by atoms with Crippen LogP contribution in [0.5, 0.6) is 0 Å². The SMILES string of the molecule is c1ccc(-c2nccc3c2NC(c2ccc(-c4cc(-n5c6ccccc6c6ccccc65)cc(-n5c6ccccc6c6ccccc65)c4)cc2)N3c2ccccc2)cc1. The molecule has 0 spiro atoms. The molecule has 0 saturated heterocycles. The van der Waals surface area contributed by atoms with Crippen LogP contribution in [0.25, 0.3) is 77.4 Å². The first-order valence-electron chi connectivity index (χ1n) is 20.2. The highest BCUT2D eigenvalue weighted by Crippen LogP contribution is 2.49. The van der Waals surface area contributed by atoms with Gasteiger partial charge in [0.2, 0.25) is 0 Å². The Morgan fingerprint density at radius 1 is 0.390 bits per heavy atom. The molecule has 0 amide bonds. The predicted octanol–water partition coefficient (Wildman–Crippen LogP) is 13.9. The molecule has 0 fully saturated rings. The van der Waals surface area contributed by atoms with E-state index in [9.17, 15) is 0 Å². The van der Waals surface area contributed by atoms with Gasteiger partial charge in [-0.25, -0.2) is 0 Å². The van der Waals surface area contributed by atoms with Crippen LogP contribution in [0.15, 0.2) is 212 Å². The maximum absolute atomic E-state index is 4.87. The molecular weight excluding hydrogens is 719 g/mol. The lowest BCUT2D eigenvalue weighted by molar-refractivity contribution is 0.828. The van der Waals surface area contributed by atoms with E-state index in [-0.39, 0.29) is 6.17 Å². The Bertz CT molecular complexity index is 3120. The van der Waals surface area contributed by atoms with Crippen LogP contribution >= 0.6 is 0 Å². The number of pyridine rings is 1. The van der Waals surface area contributed by atoms with Crippen LogP contribution in [-0.4, -0.2) is 14.1 Å². The average molecular weight is 756 g/mol. The van der Waals surface area contributed by atoms with E-state index in [1.165, 1.54) is 43.6 Å². The van der Waals surface area contributed by atoms with Gasteiger partial charge in [0.25, 0.3) is 0 Å². The molecule has 0 radical (unpaired) electrons. The van der Waals surface area contributed by atoms with Gasteiger partial charge < -0.3 is 19.4 Å². The third-order valence-electron chi connectivity index (χ3n) is 11.9. The molecule has 4 heterocycles. The maximum atomic E-state index is 4.87. The van der Waals surface area contributed by atoms with Gasteiger partial charge >= 0.3 is 0 Å². The lowest BCUT2D eigenvalue weighted by Crippen LogP contribution is -2.23. The molecule has 1 atom stereocenters. The van der Waals surface area contributed by atoms with Crippen molar-refractivity contribution in [2.24, 2.45) is 0 Å². The van der Waals surface area contributed by atoms with Gasteiger partial charge in [-0.2, -0.15) is 0 Å². The quantitative estimate of drug-likeness (QED) is 0.184. The summed E-state index contributed by atoms with van der Waals surface area (Å²) >= 11 is 0. The summed E-state index contributed by atoms with van der Waals surface area (Å²) in [6, 6.07) is 74.3. The van der Waals surface area contributed by atoms with Crippen LogP contribution < -0.4 is 10.2 Å². The molecule has 1 unspecified atom stereocenters. The summed E-state index contributed by atoms with van der Waals surface area (Å²) in [5.41, 5.74) is 15.7. The van der Waals surface area contributed by atoms with Crippen LogP contribution in [0.2, 0.25) is 0 Å². The van der Waals surface area contributed by atoms with Crippen LogP contribution in [0.4, 0.5) is 17.1 Å². The lowest BCUT2D eigenvalue weighted by Gasteiger charge is -2.27. The van der Waals surface area contributed by atoms with Crippen molar-refractivity contribution in [3.63, 3.8) is 0 Å². The van der Waals surface area contributed by atoms with Crippen molar-refractivity contribution in [3.8, 4) is 33.8 Å². The summed E-state index contributed by atoms with van der Waals surface area (Å²) < 4.78 is 4.85. The number of aromatic nitrogens is 3. The van der Waals surface area contributed by atoms with E-state index in [2.05, 4.69) is 220 Å². The number of benzene rings is 8. The Kier molecular flexibility index (Phi) is 7.53. The van der Waals surface area contributed by atoms with E-state index in [1.807, 2.05) is 12.3 Å². The van der Waals surface area contributed by atoms with Crippen molar-refractivity contribution in [1.29, 1.82) is 0 Å². The largest absolute Gasteiger partial charge is 0.358 e. The Morgan fingerprint density at radius 3 is 1.39 bits per heavy atom. The molecular formula is C54H37N5. The van der Waals surface area contributed by atoms with Crippen LogP contribution in [0.1, 0.15) is 11.7 Å². The van der Waals surface area contributed by atoms with E-state index < -0.39 is 0 Å². The smallest absolute Gasteiger partial charge is 0.130 e. The number of fused-ring (bicyclic) bond motifs is 7. The minimum absolute atomic E-state index is 0.134. The Labute approximate surface area is 341 Å². The van der Waals surface area contributed by atoms with Crippen molar-refractivity contribution >= 4 is 60.7 Å². The fraction of sp³-hybridized carbons (Fsp3) is 0.0185. The van der Waals surface area contributed by atoms with Gasteiger partial charge in [-0.1, -0.05) is 146 Å². The zero-order valence-corrected chi connectivity index (χ0v) is 32.1. The third-order valence-corrected chi connectivity index (χ3v) is 11.9. The monoisotopic (exact) mass is 755 g/mol. The van der Waals surface area contributed by atoms with E-state index in [1.54, 1.807) is 0 Å². The zero-order valence-electron chi connectivity index (χ0n) is 32.1.